The van der Waals surface area contributed by atoms with Crippen molar-refractivity contribution in [2.75, 3.05) is 20.2 Å². The molecule has 1 unspecified atom stereocenters. The fraction of sp³-hybridized carbons (Fsp3) is 0.585. The van der Waals surface area contributed by atoms with Crippen LogP contribution in [-0.2, 0) is 62.9 Å². The molecular formula is C82H107CoF3N4O11. The van der Waals surface area contributed by atoms with Crippen LogP contribution in [-0.4, -0.2) is 98.2 Å². The minimum absolute atomic E-state index is 0. The average molecular weight is 1440 g/mol. The number of hydrogen-bond acceptors (Lipinski definition) is 12. The van der Waals surface area contributed by atoms with E-state index in [1.807, 2.05) is 107 Å². The zero-order valence-electron chi connectivity index (χ0n) is 60.3. The van der Waals surface area contributed by atoms with Gasteiger partial charge in [0.05, 0.1) is 11.8 Å². The molecule has 0 aliphatic heterocycles. The number of aliphatic hydroxyl groups excluding tert-OH is 1. The number of alkyl halides is 3. The number of ether oxygens (including phenoxy) is 1. The van der Waals surface area contributed by atoms with E-state index in [1.54, 1.807) is 25.3 Å². The van der Waals surface area contributed by atoms with Gasteiger partial charge in [0.15, 0.2) is 17.3 Å². The molecule has 1 radical (unpaired) electrons. The molecule has 3 aromatic carbocycles. The number of hydrogen-bond donors (Lipinski definition) is 6. The van der Waals surface area contributed by atoms with E-state index in [4.69, 9.17) is 4.74 Å². The first-order valence-electron chi connectivity index (χ1n) is 36.5. The first-order chi connectivity index (χ1) is 47.4. The number of nitrogens with zero attached hydrogens (tertiary/aromatic N) is 1. The summed E-state index contributed by atoms with van der Waals surface area (Å²) in [6.07, 6.45) is 22.8. The maximum Gasteiger partial charge on any atom is 0.416 e. The van der Waals surface area contributed by atoms with Gasteiger partial charge in [0.2, 0.25) is 5.91 Å². The Kier molecular flexibility index (Phi) is 26.8. The Morgan fingerprint density at radius 2 is 1.41 bits per heavy atom. The Balaban J connectivity index is 0.000000166. The molecule has 1 aromatic heterocycles. The molecule has 9 aliphatic carbocycles. The number of allylic oxidation sites excluding steroid dienone is 5. The fourth-order valence-corrected chi connectivity index (χ4v) is 19.7. The summed E-state index contributed by atoms with van der Waals surface area (Å²) in [6, 6.07) is 23.0. The largest absolute Gasteiger partial charge is 0.486 e. The second-order valence-corrected chi connectivity index (χ2v) is 31.4. The number of nitrogens with one attached hydrogen (secondary N) is 3. The number of benzene rings is 3. The number of fused-ring (bicyclic) bond motifs is 10. The number of carbonyl (C=O) groups excluding carboxylic acids is 6. The van der Waals surface area contributed by atoms with Crippen LogP contribution < -0.4 is 15.4 Å². The van der Waals surface area contributed by atoms with Crippen LogP contribution in [0, 0.1) is 87.8 Å². The van der Waals surface area contributed by atoms with Crippen molar-refractivity contribution in [3.05, 3.63) is 155 Å². The molecule has 0 spiro atoms. The smallest absolute Gasteiger partial charge is 0.416 e. The van der Waals surface area contributed by atoms with Crippen LogP contribution in [0.4, 0.5) is 13.2 Å². The number of aromatic amines is 1. The van der Waals surface area contributed by atoms with Crippen molar-refractivity contribution >= 4 is 40.8 Å². The molecule has 1 heterocycles. The summed E-state index contributed by atoms with van der Waals surface area (Å²) in [5.41, 5.74) is 2.50. The number of ketones is 5. The number of H-pyrrole nitrogens is 1. The van der Waals surface area contributed by atoms with Crippen molar-refractivity contribution in [2.45, 2.75) is 201 Å². The molecule has 9 aliphatic rings. The minimum Gasteiger partial charge on any atom is -0.486 e. The number of halogens is 3. The van der Waals surface area contributed by atoms with Gasteiger partial charge in [-0.2, -0.15) is 18.3 Å². The second-order valence-electron chi connectivity index (χ2n) is 31.4. The van der Waals surface area contributed by atoms with Gasteiger partial charge in [-0.1, -0.05) is 119 Å². The first-order valence-corrected chi connectivity index (χ1v) is 36.5. The molecule has 0 bridgehead atoms. The maximum atomic E-state index is 13.3. The van der Waals surface area contributed by atoms with Crippen molar-refractivity contribution in [3.8, 4) is 5.75 Å². The number of rotatable bonds is 15. The molecule has 7 fully saturated rings. The third-order valence-electron chi connectivity index (χ3n) is 25.4. The molecule has 6 N–H and O–H groups in total. The van der Waals surface area contributed by atoms with E-state index in [2.05, 4.69) is 48.5 Å². The zero-order chi connectivity index (χ0) is 72.5. The Bertz CT molecular complexity index is 3610. The van der Waals surface area contributed by atoms with Crippen LogP contribution in [0.3, 0.4) is 0 Å². The van der Waals surface area contributed by atoms with E-state index in [-0.39, 0.29) is 81.3 Å². The van der Waals surface area contributed by atoms with Gasteiger partial charge < -0.3 is 30.7 Å². The topological polar surface area (TPSA) is 242 Å². The molecule has 15 nitrogen and oxygen atoms in total. The summed E-state index contributed by atoms with van der Waals surface area (Å²) in [6.45, 7) is 17.0. The van der Waals surface area contributed by atoms with Crippen LogP contribution in [0.25, 0.3) is 0 Å². The molecule has 551 valence electrons. The van der Waals surface area contributed by atoms with E-state index in [9.17, 15) is 62.1 Å². The molecule has 7 saturated carbocycles. The van der Waals surface area contributed by atoms with Crippen LogP contribution in [0.2, 0.25) is 0 Å². The van der Waals surface area contributed by atoms with E-state index < -0.39 is 52.6 Å². The summed E-state index contributed by atoms with van der Waals surface area (Å²) >= 11 is 0. The number of carboxylic acid groups (broad SMARTS) is 1. The average Bonchev–Trinajstić information content (AvgIpc) is 1.63. The van der Waals surface area contributed by atoms with Crippen molar-refractivity contribution in [2.24, 2.45) is 80.8 Å². The monoisotopic (exact) mass is 1440 g/mol. The molecule has 13 rings (SSSR count). The number of aliphatic hydroxyl groups is 2. The van der Waals surface area contributed by atoms with Crippen molar-refractivity contribution in [3.63, 3.8) is 0 Å². The van der Waals surface area contributed by atoms with E-state index in [1.165, 1.54) is 49.0 Å². The quantitative estimate of drug-likeness (QED) is 0.0650. The number of carbonyl (C=O) groups is 7. The molecule has 4 aromatic rings. The van der Waals surface area contributed by atoms with Gasteiger partial charge in [-0.3, -0.25) is 33.9 Å². The van der Waals surface area contributed by atoms with Gasteiger partial charge in [-0.15, -0.1) is 0 Å². The van der Waals surface area contributed by atoms with Crippen LogP contribution >= 0.6 is 0 Å². The zero-order valence-corrected chi connectivity index (χ0v) is 61.4. The molecule has 101 heavy (non-hydrogen) atoms. The van der Waals surface area contributed by atoms with Gasteiger partial charge in [0.1, 0.15) is 41.7 Å². The second kappa shape index (κ2) is 33.9. The Labute approximate surface area is 605 Å². The SMILES string of the molecule is CC(=O)[C@H]1CC[C@H]2[C@@H]3CCC4=CC(=O)CC[C@]4(C)[C@H]3CC[C@]12C.CC(C)C1CCC(C(=O)N[C@H](Cc2ccccc2)C(=O)O)CC1.CNCCC(Oc1ccc(C(F)(F)F)cc1)c1ccccc1.C[C@]12C=CC(=O)C=C1CC[C@@H]1[C@@H]2C(=O)C[C@@]2(C)[C@H]1CC[C@]2(O)C(=O)CO.Cc1cn[nH]c1.[Co]. The fourth-order valence-electron chi connectivity index (χ4n) is 19.7. The standard InChI is InChI=1S/C21H26O5.C21H30O2.C19H27NO3.C17H18F3NO.C4H6N2.Co/c1-19-7-5-13(23)9-12(19)3-4-14-15-6-8-21(26,17(25)11-22)20(15,2)10-16(24)18(14)19;1-13(22)17-6-7-18-16-5-4-14-12-15(23)8-10-20(14,2)19(16)9-11-21(17,18)3;1-13(2)15-8-10-16(11-9-15)18(21)20-17(19(22)23)12-14-6-4-3-5-7-14;1-21-12-11-16(13-5-3-2-4-6-13)22-15-9-7-14(8-10-15)17(18,19)20;1-4-2-5-6-3-4;/h5,7,9,14-15,18,22,26H,3-4,6,8,10-11H2,1-2H3;12,16-19H,4-11H2,1-3H3;3-7,13,15-17H,8-12H2,1-2H3,(H,20,21)(H,22,23);2-10,16,21H,11-12H2,1H3;2-3H,1H3,(H,5,6);/t14-,15-,18+,19-,20-,21-;16-,17+,18-,19-,20-,21+;15?,16?,17-;;;/m001.../s1. The summed E-state index contributed by atoms with van der Waals surface area (Å²) in [5.74, 6) is 3.36. The molecule has 0 saturated heterocycles. The molecule has 1 amide bonds. The number of aromatic nitrogens is 2. The van der Waals surface area contributed by atoms with Crippen molar-refractivity contribution < 1.29 is 83.6 Å². The van der Waals surface area contributed by atoms with Gasteiger partial charge in [0.25, 0.3) is 0 Å². The summed E-state index contributed by atoms with van der Waals surface area (Å²) in [7, 11) is 1.85. The van der Waals surface area contributed by atoms with Gasteiger partial charge in [0, 0.05) is 77.2 Å². The third-order valence-corrected chi connectivity index (χ3v) is 25.4. The number of carboxylic acids is 1. The van der Waals surface area contributed by atoms with Crippen molar-refractivity contribution in [1.29, 1.82) is 0 Å². The predicted octanol–water partition coefficient (Wildman–Crippen LogP) is 14.9. The van der Waals surface area contributed by atoms with Crippen LogP contribution in [0.1, 0.15) is 192 Å². The maximum absolute atomic E-state index is 13.3. The number of Topliss-reactive ketones (excluding diaryl/α,β-unsaturated/α-hetero) is 3. The van der Waals surface area contributed by atoms with E-state index in [0.717, 1.165) is 124 Å². The normalized spacial score (nSPS) is 31.8. The van der Waals surface area contributed by atoms with Crippen LogP contribution in [0.15, 0.2) is 133 Å². The third kappa shape index (κ3) is 17.8. The summed E-state index contributed by atoms with van der Waals surface area (Å²) < 4.78 is 43.6. The van der Waals surface area contributed by atoms with Crippen LogP contribution in [0.5, 0.6) is 5.75 Å². The number of aliphatic carboxylic acids is 1. The molecular weight excluding hydrogens is 1330 g/mol. The number of aryl methyl sites for hydroxylation is 1. The van der Waals surface area contributed by atoms with Gasteiger partial charge >= 0.3 is 12.1 Å². The number of amides is 1. The minimum atomic E-state index is -4.33. The van der Waals surface area contributed by atoms with E-state index >= 15 is 0 Å². The Morgan fingerprint density at radius 1 is 0.762 bits per heavy atom. The van der Waals surface area contributed by atoms with Gasteiger partial charge in [-0.05, 0) is 235 Å². The molecule has 14 atom stereocenters. The first kappa shape index (κ1) is 80.0. The van der Waals surface area contributed by atoms with E-state index in [0.29, 0.717) is 54.3 Å². The summed E-state index contributed by atoms with van der Waals surface area (Å²) in [5, 5.41) is 42.0. The summed E-state index contributed by atoms with van der Waals surface area (Å²) in [4.78, 5) is 85.3. The Morgan fingerprint density at radius 3 is 1.99 bits per heavy atom. The Hall–Kier alpha value is -6.64. The molecule has 19 heteroatoms. The van der Waals surface area contributed by atoms with Crippen molar-refractivity contribution in [1.82, 2.24) is 20.8 Å². The predicted molar refractivity (Wildman–Crippen MR) is 378 cm³/mol. The van der Waals surface area contributed by atoms with Gasteiger partial charge in [-0.25, -0.2) is 4.79 Å².